The lowest BCUT2D eigenvalue weighted by molar-refractivity contribution is -0.117. The van der Waals surface area contributed by atoms with Gasteiger partial charge in [-0.2, -0.15) is 5.26 Å². The van der Waals surface area contributed by atoms with Crippen molar-refractivity contribution in [1.29, 1.82) is 5.26 Å². The highest BCUT2D eigenvalue weighted by atomic mass is 16.6. The van der Waals surface area contributed by atoms with Crippen molar-refractivity contribution in [3.05, 3.63) is 0 Å². The summed E-state index contributed by atoms with van der Waals surface area (Å²) in [6, 6.07) is 2.13. The summed E-state index contributed by atoms with van der Waals surface area (Å²) in [6.07, 6.45) is 1.91. The van der Waals surface area contributed by atoms with Gasteiger partial charge in [0, 0.05) is 12.8 Å². The van der Waals surface area contributed by atoms with Gasteiger partial charge >= 0.3 is 0 Å². The average Bonchev–Trinajstić information content (AvgIpc) is 2.77. The minimum atomic E-state index is -0.850. The Morgan fingerprint density at radius 3 is 2.72 bits per heavy atom. The first-order valence-corrected chi connectivity index (χ1v) is 6.65. The van der Waals surface area contributed by atoms with E-state index in [0.717, 1.165) is 19.3 Å². The van der Waals surface area contributed by atoms with Crippen molar-refractivity contribution in [3.63, 3.8) is 0 Å². The van der Waals surface area contributed by atoms with Crippen LogP contribution >= 0.6 is 0 Å². The first kappa shape index (κ1) is 13.8. The number of nitrogens with zero attached hydrogens (tertiary/aromatic N) is 1. The molecule has 5 nitrogen and oxygen atoms in total. The molecule has 2 heterocycles. The van der Waals surface area contributed by atoms with E-state index < -0.39 is 12.2 Å². The fraction of sp³-hybridized carbons (Fsp3) is 0.923. The first-order chi connectivity index (χ1) is 8.61. The van der Waals surface area contributed by atoms with Crippen molar-refractivity contribution >= 4 is 0 Å². The molecule has 2 aliphatic heterocycles. The van der Waals surface area contributed by atoms with E-state index in [1.165, 1.54) is 0 Å². The van der Waals surface area contributed by atoms with E-state index in [2.05, 4.69) is 6.07 Å². The van der Waals surface area contributed by atoms with Crippen LogP contribution in [0.1, 0.15) is 39.0 Å². The molecule has 0 saturated carbocycles. The monoisotopic (exact) mass is 255 g/mol. The molecule has 2 unspecified atom stereocenters. The predicted molar refractivity (Wildman–Crippen MR) is 63.7 cm³/mol. The largest absolute Gasteiger partial charge is 0.391 e. The molecule has 2 N–H and O–H groups in total. The number of rotatable bonds is 4. The number of ether oxygens (including phenoxy) is 2. The average molecular weight is 255 g/mol. The predicted octanol–water partition coefficient (Wildman–Crippen LogP) is 0.737. The van der Waals surface area contributed by atoms with Crippen molar-refractivity contribution < 1.29 is 19.7 Å². The summed E-state index contributed by atoms with van der Waals surface area (Å²) in [5.74, 6) is 0. The van der Waals surface area contributed by atoms with Gasteiger partial charge < -0.3 is 19.7 Å². The summed E-state index contributed by atoms with van der Waals surface area (Å²) in [4.78, 5) is 0. The second-order valence-electron chi connectivity index (χ2n) is 5.25. The quantitative estimate of drug-likeness (QED) is 0.774. The Morgan fingerprint density at radius 1 is 1.28 bits per heavy atom. The highest BCUT2D eigenvalue weighted by molar-refractivity contribution is 4.92. The minimum Gasteiger partial charge on any atom is -0.391 e. The second kappa shape index (κ2) is 5.98. The number of aliphatic hydroxyl groups is 2. The standard InChI is InChI=1S/C13H21NO4/c1-8(15)13(16)12-7-11-10(18-12)5-4-9(17-11)3-2-6-14/h8-13,15-16H,2-5,7H2,1H3/t8-,9?,10+,11+,12?,13-/m1/s1. The van der Waals surface area contributed by atoms with E-state index >= 15 is 0 Å². The number of hydrogen-bond acceptors (Lipinski definition) is 5. The highest BCUT2D eigenvalue weighted by Crippen LogP contribution is 2.35. The van der Waals surface area contributed by atoms with Gasteiger partial charge in [-0.3, -0.25) is 0 Å². The summed E-state index contributed by atoms with van der Waals surface area (Å²) in [7, 11) is 0. The van der Waals surface area contributed by atoms with Crippen molar-refractivity contribution in [1.82, 2.24) is 0 Å². The van der Waals surface area contributed by atoms with Gasteiger partial charge in [0.2, 0.25) is 0 Å². The van der Waals surface area contributed by atoms with Crippen LogP contribution in [0.5, 0.6) is 0 Å². The van der Waals surface area contributed by atoms with Gasteiger partial charge in [-0.15, -0.1) is 0 Å². The summed E-state index contributed by atoms with van der Waals surface area (Å²) in [5.41, 5.74) is 0. The number of nitriles is 1. The molecule has 0 aromatic carbocycles. The fourth-order valence-electron chi connectivity index (χ4n) is 2.78. The van der Waals surface area contributed by atoms with Crippen LogP contribution in [0, 0.1) is 11.3 Å². The van der Waals surface area contributed by atoms with E-state index in [-0.39, 0.29) is 24.4 Å². The lowest BCUT2D eigenvalue weighted by Crippen LogP contribution is -2.35. The maximum absolute atomic E-state index is 9.81. The van der Waals surface area contributed by atoms with Crippen LogP contribution in [-0.4, -0.2) is 46.8 Å². The molecule has 6 atom stereocenters. The summed E-state index contributed by atoms with van der Waals surface area (Å²) in [5, 5.41) is 27.8. The van der Waals surface area contributed by atoms with E-state index in [0.29, 0.717) is 12.8 Å². The molecule has 0 amide bonds. The van der Waals surface area contributed by atoms with E-state index in [1.807, 2.05) is 0 Å². The zero-order chi connectivity index (χ0) is 13.1. The molecule has 0 radical (unpaired) electrons. The summed E-state index contributed by atoms with van der Waals surface area (Å²) < 4.78 is 11.6. The van der Waals surface area contributed by atoms with Gasteiger partial charge in [0.1, 0.15) is 6.10 Å². The lowest BCUT2D eigenvalue weighted by Gasteiger charge is -2.31. The SMILES string of the molecule is C[C@@H](O)[C@@H](O)C1C[C@@H]2OC(CCC#N)CC[C@@H]2O1. The summed E-state index contributed by atoms with van der Waals surface area (Å²) >= 11 is 0. The van der Waals surface area contributed by atoms with E-state index in [1.54, 1.807) is 6.92 Å². The maximum Gasteiger partial charge on any atom is 0.106 e. The van der Waals surface area contributed by atoms with Crippen LogP contribution < -0.4 is 0 Å². The fourth-order valence-corrected chi connectivity index (χ4v) is 2.78. The zero-order valence-electron chi connectivity index (χ0n) is 10.7. The van der Waals surface area contributed by atoms with Gasteiger partial charge in [0.25, 0.3) is 0 Å². The molecular formula is C13H21NO4. The van der Waals surface area contributed by atoms with Crippen molar-refractivity contribution in [2.24, 2.45) is 0 Å². The van der Waals surface area contributed by atoms with Crippen LogP contribution in [-0.2, 0) is 9.47 Å². The summed E-state index contributed by atoms with van der Waals surface area (Å²) in [6.45, 7) is 1.56. The zero-order valence-corrected chi connectivity index (χ0v) is 10.7. The third kappa shape index (κ3) is 3.01. The van der Waals surface area contributed by atoms with Gasteiger partial charge in [0.15, 0.2) is 0 Å². The molecular weight excluding hydrogens is 234 g/mol. The Balaban J connectivity index is 1.85. The molecule has 0 aromatic heterocycles. The molecule has 0 aliphatic carbocycles. The van der Waals surface area contributed by atoms with E-state index in [9.17, 15) is 10.2 Å². The van der Waals surface area contributed by atoms with Gasteiger partial charge in [-0.05, 0) is 26.2 Å². The lowest BCUT2D eigenvalue weighted by atomic mass is 9.96. The highest BCUT2D eigenvalue weighted by Gasteiger charge is 2.43. The molecule has 0 spiro atoms. The Hall–Kier alpha value is -0.670. The Bertz CT molecular complexity index is 315. The van der Waals surface area contributed by atoms with Crippen molar-refractivity contribution in [2.75, 3.05) is 0 Å². The third-order valence-corrected chi connectivity index (χ3v) is 3.82. The first-order valence-electron chi connectivity index (χ1n) is 6.65. The van der Waals surface area contributed by atoms with Gasteiger partial charge in [-0.1, -0.05) is 0 Å². The molecule has 2 saturated heterocycles. The van der Waals surface area contributed by atoms with Crippen molar-refractivity contribution in [3.8, 4) is 6.07 Å². The molecule has 2 rings (SSSR count). The van der Waals surface area contributed by atoms with E-state index in [4.69, 9.17) is 14.7 Å². The molecule has 2 aliphatic rings. The Morgan fingerprint density at radius 2 is 2.06 bits per heavy atom. The molecule has 5 heteroatoms. The molecule has 0 aromatic rings. The van der Waals surface area contributed by atoms with Crippen LogP contribution in [0.2, 0.25) is 0 Å². The smallest absolute Gasteiger partial charge is 0.106 e. The van der Waals surface area contributed by atoms with Crippen LogP contribution in [0.15, 0.2) is 0 Å². The number of hydrogen-bond donors (Lipinski definition) is 2. The second-order valence-corrected chi connectivity index (χ2v) is 5.25. The van der Waals surface area contributed by atoms with Crippen molar-refractivity contribution in [2.45, 2.75) is 75.7 Å². The van der Waals surface area contributed by atoms with Crippen LogP contribution in [0.4, 0.5) is 0 Å². The third-order valence-electron chi connectivity index (χ3n) is 3.82. The number of fused-ring (bicyclic) bond motifs is 1. The normalized spacial score (nSPS) is 38.8. The van der Waals surface area contributed by atoms with Crippen LogP contribution in [0.3, 0.4) is 0 Å². The maximum atomic E-state index is 9.81. The number of aliphatic hydroxyl groups excluding tert-OH is 2. The molecule has 2 fully saturated rings. The van der Waals surface area contributed by atoms with Gasteiger partial charge in [-0.25, -0.2) is 0 Å². The minimum absolute atomic E-state index is 0.000780. The molecule has 102 valence electrons. The Kier molecular flexibility index (Phi) is 4.57. The molecule has 0 bridgehead atoms. The van der Waals surface area contributed by atoms with Crippen LogP contribution in [0.25, 0.3) is 0 Å². The molecule has 18 heavy (non-hydrogen) atoms. The Labute approximate surface area is 107 Å². The van der Waals surface area contributed by atoms with Gasteiger partial charge in [0.05, 0.1) is 36.6 Å². The topological polar surface area (TPSA) is 82.7 Å².